The lowest BCUT2D eigenvalue weighted by Gasteiger charge is -2.41. The summed E-state index contributed by atoms with van der Waals surface area (Å²) in [6.07, 6.45) is 5.25. The summed E-state index contributed by atoms with van der Waals surface area (Å²) in [4.78, 5) is 2.69. The Morgan fingerprint density at radius 3 is 2.94 bits per heavy atom. The van der Waals surface area contributed by atoms with Gasteiger partial charge in [-0.1, -0.05) is 20.3 Å². The normalized spacial score (nSPS) is 35.3. The van der Waals surface area contributed by atoms with Crippen LogP contribution in [0.15, 0.2) is 0 Å². The number of morpholine rings is 1. The zero-order valence-electron chi connectivity index (χ0n) is 11.5. The molecule has 2 aliphatic heterocycles. The van der Waals surface area contributed by atoms with E-state index in [1.54, 1.807) is 0 Å². The first kappa shape index (κ1) is 13.3. The standard InChI is InChI=1S/C14H28N2O/c1-3-5-14(6-7-15-11-14)12-16-8-9-17-10-13(16)4-2/h13,15H,3-12H2,1-2H3. The molecule has 2 rings (SSSR count). The van der Waals surface area contributed by atoms with Gasteiger partial charge in [0.15, 0.2) is 0 Å². The first-order valence-corrected chi connectivity index (χ1v) is 7.32. The lowest BCUT2D eigenvalue weighted by atomic mass is 9.81. The van der Waals surface area contributed by atoms with Crippen LogP contribution in [-0.2, 0) is 4.74 Å². The first-order chi connectivity index (χ1) is 8.29. The van der Waals surface area contributed by atoms with Gasteiger partial charge in [0.1, 0.15) is 0 Å². The van der Waals surface area contributed by atoms with Gasteiger partial charge in [0.2, 0.25) is 0 Å². The molecule has 0 amide bonds. The van der Waals surface area contributed by atoms with Crippen molar-refractivity contribution in [2.45, 2.75) is 45.6 Å². The number of rotatable bonds is 5. The molecule has 2 saturated heterocycles. The highest BCUT2D eigenvalue weighted by atomic mass is 16.5. The maximum Gasteiger partial charge on any atom is 0.0622 e. The molecule has 0 aromatic carbocycles. The van der Waals surface area contributed by atoms with Gasteiger partial charge in [-0.15, -0.1) is 0 Å². The number of nitrogens with one attached hydrogen (secondary N) is 1. The minimum absolute atomic E-state index is 0.541. The summed E-state index contributed by atoms with van der Waals surface area (Å²) in [5, 5.41) is 3.56. The zero-order valence-corrected chi connectivity index (χ0v) is 11.5. The summed E-state index contributed by atoms with van der Waals surface area (Å²) < 4.78 is 5.60. The monoisotopic (exact) mass is 240 g/mol. The average Bonchev–Trinajstić information content (AvgIpc) is 2.79. The van der Waals surface area contributed by atoms with Crippen LogP contribution in [0.5, 0.6) is 0 Å². The Kier molecular flexibility index (Phi) is 4.83. The molecule has 0 bridgehead atoms. The molecule has 3 heteroatoms. The van der Waals surface area contributed by atoms with Crippen LogP contribution in [0.2, 0.25) is 0 Å². The van der Waals surface area contributed by atoms with E-state index in [0.717, 1.165) is 19.8 Å². The van der Waals surface area contributed by atoms with Crippen molar-refractivity contribution in [2.24, 2.45) is 5.41 Å². The highest BCUT2D eigenvalue weighted by Crippen LogP contribution is 2.33. The van der Waals surface area contributed by atoms with Crippen LogP contribution >= 0.6 is 0 Å². The van der Waals surface area contributed by atoms with E-state index in [4.69, 9.17) is 4.74 Å². The van der Waals surface area contributed by atoms with Crippen molar-refractivity contribution in [3.8, 4) is 0 Å². The van der Waals surface area contributed by atoms with Crippen molar-refractivity contribution in [3.63, 3.8) is 0 Å². The fourth-order valence-corrected chi connectivity index (χ4v) is 3.46. The maximum absolute atomic E-state index is 5.60. The molecular weight excluding hydrogens is 212 g/mol. The third-order valence-corrected chi connectivity index (χ3v) is 4.47. The molecule has 0 spiro atoms. The lowest BCUT2D eigenvalue weighted by Crippen LogP contribution is -2.50. The van der Waals surface area contributed by atoms with E-state index >= 15 is 0 Å². The van der Waals surface area contributed by atoms with Gasteiger partial charge in [-0.25, -0.2) is 0 Å². The Labute approximate surface area is 106 Å². The van der Waals surface area contributed by atoms with Crippen molar-refractivity contribution >= 4 is 0 Å². The molecule has 0 saturated carbocycles. The van der Waals surface area contributed by atoms with Gasteiger partial charge < -0.3 is 10.1 Å². The highest BCUT2D eigenvalue weighted by Gasteiger charge is 2.36. The van der Waals surface area contributed by atoms with Crippen LogP contribution in [0.4, 0.5) is 0 Å². The molecule has 2 heterocycles. The van der Waals surface area contributed by atoms with E-state index in [9.17, 15) is 0 Å². The van der Waals surface area contributed by atoms with Crippen LogP contribution in [0.25, 0.3) is 0 Å². The average molecular weight is 240 g/mol. The molecule has 17 heavy (non-hydrogen) atoms. The second-order valence-corrected chi connectivity index (χ2v) is 5.78. The minimum Gasteiger partial charge on any atom is -0.378 e. The second-order valence-electron chi connectivity index (χ2n) is 5.78. The Balaban J connectivity index is 1.96. The number of nitrogens with zero attached hydrogens (tertiary/aromatic N) is 1. The van der Waals surface area contributed by atoms with Crippen molar-refractivity contribution in [2.75, 3.05) is 39.4 Å². The number of hydrogen-bond acceptors (Lipinski definition) is 3. The fourth-order valence-electron chi connectivity index (χ4n) is 3.46. The van der Waals surface area contributed by atoms with E-state index in [1.165, 1.54) is 45.3 Å². The molecule has 2 aliphatic rings. The third kappa shape index (κ3) is 3.21. The van der Waals surface area contributed by atoms with Gasteiger partial charge in [-0.3, -0.25) is 4.90 Å². The summed E-state index contributed by atoms with van der Waals surface area (Å²) in [5.41, 5.74) is 0.541. The summed E-state index contributed by atoms with van der Waals surface area (Å²) in [6.45, 7) is 11.3. The molecule has 0 aromatic heterocycles. The summed E-state index contributed by atoms with van der Waals surface area (Å²) in [6, 6.07) is 0.651. The Morgan fingerprint density at radius 1 is 1.41 bits per heavy atom. The molecule has 2 fully saturated rings. The van der Waals surface area contributed by atoms with E-state index in [2.05, 4.69) is 24.1 Å². The van der Waals surface area contributed by atoms with Crippen LogP contribution in [0.3, 0.4) is 0 Å². The highest BCUT2D eigenvalue weighted by molar-refractivity contribution is 4.92. The van der Waals surface area contributed by atoms with Crippen LogP contribution in [0.1, 0.15) is 39.5 Å². The van der Waals surface area contributed by atoms with Crippen LogP contribution in [-0.4, -0.2) is 50.3 Å². The molecule has 2 atom stereocenters. The smallest absolute Gasteiger partial charge is 0.0622 e. The summed E-state index contributed by atoms with van der Waals surface area (Å²) >= 11 is 0. The zero-order chi connectivity index (χ0) is 12.1. The molecule has 100 valence electrons. The molecule has 0 aliphatic carbocycles. The SMILES string of the molecule is CCCC1(CN2CCOCC2CC)CCNC1. The fraction of sp³-hybridized carbons (Fsp3) is 1.00. The third-order valence-electron chi connectivity index (χ3n) is 4.47. The van der Waals surface area contributed by atoms with Crippen LogP contribution in [0, 0.1) is 5.41 Å². The van der Waals surface area contributed by atoms with E-state index < -0.39 is 0 Å². The topological polar surface area (TPSA) is 24.5 Å². The number of hydrogen-bond donors (Lipinski definition) is 1. The van der Waals surface area contributed by atoms with Crippen LogP contribution < -0.4 is 5.32 Å². The molecule has 1 N–H and O–H groups in total. The predicted molar refractivity (Wildman–Crippen MR) is 71.3 cm³/mol. The molecule has 3 nitrogen and oxygen atoms in total. The minimum atomic E-state index is 0.541. The molecule has 0 radical (unpaired) electrons. The Hall–Kier alpha value is -0.120. The van der Waals surface area contributed by atoms with Crippen molar-refractivity contribution < 1.29 is 4.74 Å². The van der Waals surface area contributed by atoms with E-state index in [1.807, 2.05) is 0 Å². The Morgan fingerprint density at radius 2 is 2.29 bits per heavy atom. The predicted octanol–water partition coefficient (Wildman–Crippen LogP) is 1.88. The molecular formula is C14H28N2O. The number of ether oxygens (including phenoxy) is 1. The second kappa shape index (κ2) is 6.17. The first-order valence-electron chi connectivity index (χ1n) is 7.32. The van der Waals surface area contributed by atoms with Gasteiger partial charge in [0, 0.05) is 25.7 Å². The van der Waals surface area contributed by atoms with Crippen molar-refractivity contribution in [1.29, 1.82) is 0 Å². The van der Waals surface area contributed by atoms with E-state index in [0.29, 0.717) is 11.5 Å². The van der Waals surface area contributed by atoms with Gasteiger partial charge in [-0.05, 0) is 31.2 Å². The van der Waals surface area contributed by atoms with Gasteiger partial charge in [0.25, 0.3) is 0 Å². The molecule has 0 aromatic rings. The summed E-state index contributed by atoms with van der Waals surface area (Å²) in [7, 11) is 0. The van der Waals surface area contributed by atoms with Gasteiger partial charge >= 0.3 is 0 Å². The van der Waals surface area contributed by atoms with E-state index in [-0.39, 0.29) is 0 Å². The lowest BCUT2D eigenvalue weighted by molar-refractivity contribution is -0.0270. The maximum atomic E-state index is 5.60. The molecule has 2 unspecified atom stereocenters. The largest absolute Gasteiger partial charge is 0.378 e. The van der Waals surface area contributed by atoms with Crippen molar-refractivity contribution in [3.05, 3.63) is 0 Å². The van der Waals surface area contributed by atoms with Gasteiger partial charge in [-0.2, -0.15) is 0 Å². The quantitative estimate of drug-likeness (QED) is 0.794. The van der Waals surface area contributed by atoms with Gasteiger partial charge in [0.05, 0.1) is 13.2 Å². The van der Waals surface area contributed by atoms with Crippen molar-refractivity contribution in [1.82, 2.24) is 10.2 Å². The summed E-state index contributed by atoms with van der Waals surface area (Å²) in [5.74, 6) is 0. The Bertz CT molecular complexity index is 226.